The van der Waals surface area contributed by atoms with Gasteiger partial charge < -0.3 is 16.0 Å². The van der Waals surface area contributed by atoms with Gasteiger partial charge in [0.25, 0.3) is 5.91 Å². The van der Waals surface area contributed by atoms with Crippen molar-refractivity contribution >= 4 is 21.7 Å². The highest BCUT2D eigenvalue weighted by Crippen LogP contribution is 2.33. The predicted molar refractivity (Wildman–Crippen MR) is 127 cm³/mol. The van der Waals surface area contributed by atoms with Gasteiger partial charge in [-0.05, 0) is 61.9 Å². The number of nitrogens with two attached hydrogens (primary N) is 1. The van der Waals surface area contributed by atoms with E-state index < -0.39 is 33.5 Å². The molecule has 3 N–H and O–H groups in total. The Hall–Kier alpha value is -2.92. The van der Waals surface area contributed by atoms with E-state index >= 15 is 0 Å². The van der Waals surface area contributed by atoms with Crippen LogP contribution in [0.15, 0.2) is 59.5 Å². The number of sulfone groups is 1. The topological polar surface area (TPSA) is 110 Å². The molecule has 7 nitrogen and oxygen atoms in total. The first-order chi connectivity index (χ1) is 17.0. The number of amides is 2. The minimum absolute atomic E-state index is 0.152. The molecule has 4 rings (SSSR count). The van der Waals surface area contributed by atoms with Gasteiger partial charge in [-0.1, -0.05) is 24.3 Å². The normalized spacial score (nSPS) is 25.1. The second kappa shape index (κ2) is 10.2. The molecule has 2 aromatic rings. The van der Waals surface area contributed by atoms with E-state index in [1.165, 1.54) is 18.2 Å². The lowest BCUT2D eigenvalue weighted by Gasteiger charge is -2.40. The van der Waals surface area contributed by atoms with E-state index in [2.05, 4.69) is 5.32 Å². The van der Waals surface area contributed by atoms with Gasteiger partial charge in [0.15, 0.2) is 9.84 Å². The Morgan fingerprint density at radius 3 is 2.47 bits per heavy atom. The first kappa shape index (κ1) is 26.2. The van der Waals surface area contributed by atoms with E-state index in [0.717, 1.165) is 18.2 Å². The smallest absolute Gasteiger partial charge is 0.340 e. The van der Waals surface area contributed by atoms with E-state index in [4.69, 9.17) is 5.73 Å². The van der Waals surface area contributed by atoms with Crippen LogP contribution in [0.4, 0.5) is 13.2 Å². The van der Waals surface area contributed by atoms with Crippen LogP contribution in [0.3, 0.4) is 0 Å². The predicted octanol–water partition coefficient (Wildman–Crippen LogP) is 3.01. The van der Waals surface area contributed by atoms with Crippen LogP contribution in [0.1, 0.15) is 41.6 Å². The number of hydrogen-bond acceptors (Lipinski definition) is 5. The minimum atomic E-state index is -4.59. The Balaban J connectivity index is 1.47. The second-order valence-electron chi connectivity index (χ2n) is 9.42. The van der Waals surface area contributed by atoms with E-state index in [9.17, 15) is 31.2 Å². The van der Waals surface area contributed by atoms with Gasteiger partial charge in [-0.3, -0.25) is 9.59 Å². The third kappa shape index (κ3) is 5.73. The molecule has 1 aliphatic carbocycles. The molecule has 2 aromatic carbocycles. The third-order valence-corrected chi connectivity index (χ3v) is 8.77. The number of halogens is 3. The first-order valence-corrected chi connectivity index (χ1v) is 13.4. The molecule has 2 amide bonds. The summed E-state index contributed by atoms with van der Waals surface area (Å²) in [5, 5.41) is 2.55. The van der Waals surface area contributed by atoms with Gasteiger partial charge in [0.1, 0.15) is 6.04 Å². The molecule has 0 radical (unpaired) electrons. The van der Waals surface area contributed by atoms with Crippen molar-refractivity contribution in [1.29, 1.82) is 0 Å². The standard InChI is InChI=1S/C25H28F3N3O4S/c26-25(27,28)18-6-4-5-16(13-18)23(32)30-21-11-12-31(24(21)33)22-10-9-19(29)14-17(22)15-36(34,35)20-7-2-1-3-8-20/h1-8,13,17,19,21-22H,9-12,14-15,29H2,(H,30,32)/t17-,19+,21?,22-/m0/s1. The number of carbonyl (C=O) groups excluding carboxylic acids is 2. The maximum absolute atomic E-state index is 13.2. The largest absolute Gasteiger partial charge is 0.416 e. The average molecular weight is 524 g/mol. The molecular weight excluding hydrogens is 495 g/mol. The van der Waals surface area contributed by atoms with Gasteiger partial charge in [0, 0.05) is 24.2 Å². The van der Waals surface area contributed by atoms with Crippen molar-refractivity contribution in [2.45, 2.75) is 54.9 Å². The highest BCUT2D eigenvalue weighted by Gasteiger charge is 2.43. The summed E-state index contributed by atoms with van der Waals surface area (Å²) in [4.78, 5) is 27.6. The van der Waals surface area contributed by atoms with Gasteiger partial charge >= 0.3 is 6.18 Å². The molecular formula is C25H28F3N3O4S. The summed E-state index contributed by atoms with van der Waals surface area (Å²) in [6.07, 6.45) is -2.69. The third-order valence-electron chi connectivity index (χ3n) is 6.92. The van der Waals surface area contributed by atoms with Crippen LogP contribution >= 0.6 is 0 Å². The summed E-state index contributed by atoms with van der Waals surface area (Å²) in [5.41, 5.74) is 5.01. The van der Waals surface area contributed by atoms with Crippen molar-refractivity contribution in [2.24, 2.45) is 11.7 Å². The number of likely N-dealkylation sites (tertiary alicyclic amines) is 1. The molecule has 0 spiro atoms. The quantitative estimate of drug-likeness (QED) is 0.605. The van der Waals surface area contributed by atoms with Gasteiger partial charge in [-0.15, -0.1) is 0 Å². The summed E-state index contributed by atoms with van der Waals surface area (Å²) < 4.78 is 65.1. The molecule has 4 atom stereocenters. The molecule has 1 saturated heterocycles. The monoisotopic (exact) mass is 523 g/mol. The fraction of sp³-hybridized carbons (Fsp3) is 0.440. The number of carbonyl (C=O) groups is 2. The number of nitrogens with one attached hydrogen (secondary N) is 1. The first-order valence-electron chi connectivity index (χ1n) is 11.8. The van der Waals surface area contributed by atoms with Gasteiger partial charge in [0.2, 0.25) is 5.91 Å². The van der Waals surface area contributed by atoms with Crippen molar-refractivity contribution in [3.8, 4) is 0 Å². The number of rotatable bonds is 6. The van der Waals surface area contributed by atoms with Crippen LogP contribution < -0.4 is 11.1 Å². The van der Waals surface area contributed by atoms with E-state index in [1.807, 2.05) is 0 Å². The molecule has 1 aliphatic heterocycles. The molecule has 0 bridgehead atoms. The van der Waals surface area contributed by atoms with Gasteiger partial charge in [-0.25, -0.2) is 8.42 Å². The molecule has 1 heterocycles. The number of benzene rings is 2. The average Bonchev–Trinajstić information content (AvgIpc) is 3.19. The lowest BCUT2D eigenvalue weighted by atomic mass is 9.82. The van der Waals surface area contributed by atoms with Crippen molar-refractivity contribution in [2.75, 3.05) is 12.3 Å². The van der Waals surface area contributed by atoms with E-state index in [-0.39, 0.29) is 46.5 Å². The Morgan fingerprint density at radius 2 is 1.78 bits per heavy atom. The number of hydrogen-bond donors (Lipinski definition) is 2. The van der Waals surface area contributed by atoms with Gasteiger partial charge in [-0.2, -0.15) is 13.2 Å². The summed E-state index contributed by atoms with van der Waals surface area (Å²) in [5.74, 6) is -1.66. The molecule has 194 valence electrons. The summed E-state index contributed by atoms with van der Waals surface area (Å²) in [6, 6.07) is 10.7. The molecule has 1 unspecified atom stereocenters. The van der Waals surface area contributed by atoms with Crippen LogP contribution in [0, 0.1) is 5.92 Å². The van der Waals surface area contributed by atoms with Crippen molar-refractivity contribution < 1.29 is 31.2 Å². The summed E-state index contributed by atoms with van der Waals surface area (Å²) >= 11 is 0. The molecule has 11 heteroatoms. The van der Waals surface area contributed by atoms with Crippen LogP contribution in [0.5, 0.6) is 0 Å². The van der Waals surface area contributed by atoms with Crippen LogP contribution in [-0.2, 0) is 20.8 Å². The zero-order valence-corrected chi connectivity index (χ0v) is 20.3. The summed E-state index contributed by atoms with van der Waals surface area (Å²) in [6.45, 7) is 0.314. The maximum atomic E-state index is 13.2. The number of alkyl halides is 3. The van der Waals surface area contributed by atoms with Crippen molar-refractivity contribution in [3.63, 3.8) is 0 Å². The highest BCUT2D eigenvalue weighted by atomic mass is 32.2. The van der Waals surface area contributed by atoms with Gasteiger partial charge in [0.05, 0.1) is 16.2 Å². The Bertz CT molecular complexity index is 1220. The second-order valence-corrected chi connectivity index (χ2v) is 11.5. The molecule has 0 aromatic heterocycles. The molecule has 36 heavy (non-hydrogen) atoms. The SMILES string of the molecule is N[C@@H]1CC[C@H](N2CCC(NC(=O)c3cccc(C(F)(F)F)c3)C2=O)[C@H](CS(=O)(=O)c2ccccc2)C1. The van der Waals surface area contributed by atoms with E-state index in [1.54, 1.807) is 23.1 Å². The molecule has 2 fully saturated rings. The summed E-state index contributed by atoms with van der Waals surface area (Å²) in [7, 11) is -3.60. The Kier molecular flexibility index (Phi) is 7.42. The zero-order chi connectivity index (χ0) is 26.1. The molecule has 1 saturated carbocycles. The fourth-order valence-electron chi connectivity index (χ4n) is 5.12. The minimum Gasteiger partial charge on any atom is -0.340 e. The molecule has 2 aliphatic rings. The lowest BCUT2D eigenvalue weighted by molar-refractivity contribution is -0.137. The van der Waals surface area contributed by atoms with Crippen molar-refractivity contribution in [1.82, 2.24) is 10.2 Å². The Labute approximate surface area is 207 Å². The maximum Gasteiger partial charge on any atom is 0.416 e. The highest BCUT2D eigenvalue weighted by molar-refractivity contribution is 7.91. The zero-order valence-electron chi connectivity index (χ0n) is 19.4. The van der Waals surface area contributed by atoms with Crippen LogP contribution in [0.25, 0.3) is 0 Å². The number of nitrogens with zero attached hydrogens (tertiary/aromatic N) is 1. The lowest BCUT2D eigenvalue weighted by Crippen LogP contribution is -2.51. The van der Waals surface area contributed by atoms with Crippen molar-refractivity contribution in [3.05, 3.63) is 65.7 Å². The van der Waals surface area contributed by atoms with Crippen LogP contribution in [0.2, 0.25) is 0 Å². The van der Waals surface area contributed by atoms with E-state index in [0.29, 0.717) is 25.8 Å². The Morgan fingerprint density at radius 1 is 1.06 bits per heavy atom. The fourth-order valence-corrected chi connectivity index (χ4v) is 6.81. The van der Waals surface area contributed by atoms with Crippen LogP contribution in [-0.4, -0.2) is 55.6 Å².